The Morgan fingerprint density at radius 3 is 1.62 bits per heavy atom. The topological polar surface area (TPSA) is 0 Å². The molecule has 0 rings (SSSR count). The van der Waals surface area contributed by atoms with Gasteiger partial charge in [-0.3, -0.25) is 0 Å². The fraction of sp³-hybridized carbons (Fsp3) is 0.778. The molecular formula is C9H15F3S. The van der Waals surface area contributed by atoms with Crippen molar-refractivity contribution >= 4 is 11.8 Å². The molecule has 4 heteroatoms. The van der Waals surface area contributed by atoms with Crippen molar-refractivity contribution < 1.29 is 13.2 Å². The smallest absolute Gasteiger partial charge is 0.166 e. The number of alkyl halides is 3. The van der Waals surface area contributed by atoms with Crippen LogP contribution in [0.5, 0.6) is 0 Å². The summed E-state index contributed by atoms with van der Waals surface area (Å²) in [6.45, 7) is 8.31. The van der Waals surface area contributed by atoms with Crippen molar-refractivity contribution in [1.29, 1.82) is 0 Å². The maximum Gasteiger partial charge on any atom is 0.413 e. The van der Waals surface area contributed by atoms with Crippen molar-refractivity contribution in [2.45, 2.75) is 45.5 Å². The predicted octanol–water partition coefficient (Wildman–Crippen LogP) is 4.37. The zero-order valence-corrected chi connectivity index (χ0v) is 9.36. The highest BCUT2D eigenvalue weighted by Gasteiger charge is 2.32. The van der Waals surface area contributed by atoms with Gasteiger partial charge in [-0.25, -0.2) is 0 Å². The lowest BCUT2D eigenvalue weighted by molar-refractivity contribution is -0.0916. The molecule has 0 aromatic carbocycles. The van der Waals surface area contributed by atoms with Gasteiger partial charge < -0.3 is 0 Å². The third kappa shape index (κ3) is 5.24. The van der Waals surface area contributed by atoms with E-state index >= 15 is 0 Å². The Hall–Kier alpha value is -0.120. The first-order chi connectivity index (χ1) is 5.54. The molecule has 0 saturated heterocycles. The second-order valence-corrected chi connectivity index (χ2v) is 5.93. The number of hydrogen-bond acceptors (Lipinski definition) is 1. The molecule has 0 atom stereocenters. The second-order valence-electron chi connectivity index (χ2n) is 3.89. The van der Waals surface area contributed by atoms with Crippen molar-refractivity contribution in [2.24, 2.45) is 0 Å². The molecule has 0 bridgehead atoms. The van der Waals surface area contributed by atoms with E-state index in [-0.39, 0.29) is 4.75 Å². The molecule has 0 heterocycles. The summed E-state index contributed by atoms with van der Waals surface area (Å²) in [7, 11) is 0. The van der Waals surface area contributed by atoms with Gasteiger partial charge in [0.25, 0.3) is 0 Å². The highest BCUT2D eigenvalue weighted by Crippen LogP contribution is 2.37. The fourth-order valence-corrected chi connectivity index (χ4v) is 1.92. The van der Waals surface area contributed by atoms with Gasteiger partial charge in [-0.2, -0.15) is 13.2 Å². The van der Waals surface area contributed by atoms with Crippen LogP contribution in [-0.2, 0) is 0 Å². The van der Waals surface area contributed by atoms with E-state index in [1.165, 1.54) is 18.7 Å². The number of allylic oxidation sites excluding steroid dienone is 2. The van der Waals surface area contributed by atoms with Gasteiger partial charge in [0.05, 0.1) is 0 Å². The summed E-state index contributed by atoms with van der Waals surface area (Å²) >= 11 is 1.25. The van der Waals surface area contributed by atoms with Crippen molar-refractivity contribution in [2.75, 3.05) is 0 Å². The fourth-order valence-electron chi connectivity index (χ4n) is 0.735. The summed E-state index contributed by atoms with van der Waals surface area (Å²) in [4.78, 5) is 0.347. The minimum Gasteiger partial charge on any atom is -0.166 e. The molecule has 0 nitrogen and oxygen atoms in total. The largest absolute Gasteiger partial charge is 0.413 e. The minimum atomic E-state index is -4.19. The summed E-state index contributed by atoms with van der Waals surface area (Å²) < 4.78 is 36.4. The maximum absolute atomic E-state index is 12.2. The quantitative estimate of drug-likeness (QED) is 0.621. The van der Waals surface area contributed by atoms with Crippen LogP contribution in [0.2, 0.25) is 0 Å². The third-order valence-corrected chi connectivity index (χ3v) is 2.64. The lowest BCUT2D eigenvalue weighted by atomic mass is 10.2. The molecule has 0 aromatic heterocycles. The molecule has 0 radical (unpaired) electrons. The standard InChI is InChI=1S/C9H15F3S/c1-6(9(10,11)12)7(2)13-8(3,4)5/h1-5H3. The molecule has 0 amide bonds. The van der Waals surface area contributed by atoms with Gasteiger partial charge in [-0.1, -0.05) is 20.8 Å². The van der Waals surface area contributed by atoms with Crippen molar-refractivity contribution in [3.63, 3.8) is 0 Å². The molecular weight excluding hydrogens is 197 g/mol. The third-order valence-electron chi connectivity index (χ3n) is 1.41. The first kappa shape index (κ1) is 12.9. The second kappa shape index (κ2) is 3.95. The summed E-state index contributed by atoms with van der Waals surface area (Å²) in [6, 6.07) is 0. The molecule has 0 aromatic rings. The predicted molar refractivity (Wildman–Crippen MR) is 51.8 cm³/mol. The highest BCUT2D eigenvalue weighted by atomic mass is 32.2. The first-order valence-corrected chi connectivity index (χ1v) is 4.79. The molecule has 0 saturated carbocycles. The van der Waals surface area contributed by atoms with Crippen LogP contribution in [0.3, 0.4) is 0 Å². The molecule has 0 spiro atoms. The van der Waals surface area contributed by atoms with Crippen LogP contribution in [0.4, 0.5) is 13.2 Å². The van der Waals surface area contributed by atoms with Gasteiger partial charge in [0.2, 0.25) is 0 Å². The minimum absolute atomic E-state index is 0.170. The summed E-state index contributed by atoms with van der Waals surface area (Å²) in [6.07, 6.45) is -4.19. The van der Waals surface area contributed by atoms with Crippen LogP contribution in [0.25, 0.3) is 0 Å². The number of hydrogen-bond donors (Lipinski definition) is 0. The summed E-state index contributed by atoms with van der Waals surface area (Å²) in [5.41, 5.74) is -0.493. The Balaban J connectivity index is 4.65. The Labute approximate surface area is 81.6 Å². The van der Waals surface area contributed by atoms with Crippen LogP contribution in [0, 0.1) is 0 Å². The molecule has 0 fully saturated rings. The van der Waals surface area contributed by atoms with Gasteiger partial charge in [0.15, 0.2) is 0 Å². The van der Waals surface area contributed by atoms with Gasteiger partial charge in [0.1, 0.15) is 0 Å². The van der Waals surface area contributed by atoms with Crippen LogP contribution in [0.1, 0.15) is 34.6 Å². The monoisotopic (exact) mass is 212 g/mol. The highest BCUT2D eigenvalue weighted by molar-refractivity contribution is 8.04. The maximum atomic E-state index is 12.2. The first-order valence-electron chi connectivity index (χ1n) is 3.98. The zero-order valence-electron chi connectivity index (χ0n) is 8.54. The SMILES string of the molecule is CC(SC(C)(C)C)=C(C)C(F)(F)F. The van der Waals surface area contributed by atoms with Gasteiger partial charge in [-0.15, -0.1) is 11.8 Å². The molecule has 0 aliphatic carbocycles. The van der Waals surface area contributed by atoms with Crippen molar-refractivity contribution in [3.05, 3.63) is 10.5 Å². The van der Waals surface area contributed by atoms with Gasteiger partial charge >= 0.3 is 6.18 Å². The lowest BCUT2D eigenvalue weighted by Gasteiger charge is -2.20. The molecule has 0 aliphatic rings. The Kier molecular flexibility index (Phi) is 3.91. The van der Waals surface area contributed by atoms with E-state index in [0.717, 1.165) is 6.92 Å². The van der Waals surface area contributed by atoms with Crippen LogP contribution < -0.4 is 0 Å². The number of rotatable bonds is 1. The normalized spacial score (nSPS) is 15.7. The molecule has 0 unspecified atom stereocenters. The van der Waals surface area contributed by atoms with Crippen LogP contribution in [0.15, 0.2) is 10.5 Å². The van der Waals surface area contributed by atoms with Crippen molar-refractivity contribution in [3.8, 4) is 0 Å². The number of thioether (sulfide) groups is 1. The van der Waals surface area contributed by atoms with E-state index in [2.05, 4.69) is 0 Å². The molecule has 0 aliphatic heterocycles. The molecule has 0 N–H and O–H groups in total. The van der Waals surface area contributed by atoms with E-state index in [0.29, 0.717) is 4.91 Å². The Morgan fingerprint density at radius 2 is 1.38 bits per heavy atom. The van der Waals surface area contributed by atoms with Crippen molar-refractivity contribution in [1.82, 2.24) is 0 Å². The van der Waals surface area contributed by atoms with Crippen LogP contribution >= 0.6 is 11.8 Å². The zero-order chi connectivity index (χ0) is 10.9. The average Bonchev–Trinajstić information content (AvgIpc) is 1.79. The average molecular weight is 212 g/mol. The van der Waals surface area contributed by atoms with E-state index in [9.17, 15) is 13.2 Å². The lowest BCUT2D eigenvalue weighted by Crippen LogP contribution is -2.13. The Morgan fingerprint density at radius 1 is 1.00 bits per heavy atom. The summed E-state index contributed by atoms with van der Waals surface area (Å²) in [5, 5.41) is 0. The van der Waals surface area contributed by atoms with Gasteiger partial charge in [-0.05, 0) is 18.8 Å². The van der Waals surface area contributed by atoms with E-state index < -0.39 is 11.7 Å². The molecule has 78 valence electrons. The summed E-state index contributed by atoms with van der Waals surface area (Å²) in [5.74, 6) is 0. The van der Waals surface area contributed by atoms with Gasteiger partial charge in [0, 0.05) is 10.3 Å². The van der Waals surface area contributed by atoms with Crippen LogP contribution in [-0.4, -0.2) is 10.9 Å². The van der Waals surface area contributed by atoms with E-state index in [1.54, 1.807) is 0 Å². The Bertz CT molecular complexity index is 208. The number of halogens is 3. The molecule has 13 heavy (non-hydrogen) atoms. The van der Waals surface area contributed by atoms with E-state index in [1.807, 2.05) is 20.8 Å². The van der Waals surface area contributed by atoms with E-state index in [4.69, 9.17) is 0 Å².